The van der Waals surface area contributed by atoms with Crippen LogP contribution in [-0.2, 0) is 0 Å². The fourth-order valence-corrected chi connectivity index (χ4v) is 6.25. The zero-order valence-electron chi connectivity index (χ0n) is 20.2. The van der Waals surface area contributed by atoms with Crippen molar-refractivity contribution < 1.29 is 0 Å². The molecule has 0 bridgehead atoms. The predicted octanol–water partition coefficient (Wildman–Crippen LogP) is 9.67. The van der Waals surface area contributed by atoms with Crippen molar-refractivity contribution in [1.29, 1.82) is 0 Å². The molecule has 2 heterocycles. The third kappa shape index (κ3) is 4.20. The van der Waals surface area contributed by atoms with Crippen LogP contribution in [0.2, 0.25) is 0 Å². The van der Waals surface area contributed by atoms with E-state index in [2.05, 4.69) is 82.7 Å². The first-order valence-corrected chi connectivity index (χ1v) is 13.9. The van der Waals surface area contributed by atoms with Crippen molar-refractivity contribution in [2.24, 2.45) is 0 Å². The minimum atomic E-state index is 0.651. The topological polar surface area (TPSA) is 38.7 Å². The molecule has 0 spiro atoms. The van der Waals surface area contributed by atoms with Crippen molar-refractivity contribution in [3.8, 4) is 45.3 Å². The summed E-state index contributed by atoms with van der Waals surface area (Å²) in [5, 5.41) is 2.59. The molecule has 0 aliphatic carbocycles. The van der Waals surface area contributed by atoms with E-state index in [1.807, 2.05) is 65.9 Å². The van der Waals surface area contributed by atoms with Gasteiger partial charge in [-0.15, -0.1) is 11.3 Å². The van der Waals surface area contributed by atoms with Crippen molar-refractivity contribution in [2.45, 2.75) is 0 Å². The third-order valence-electron chi connectivity index (χ3n) is 6.61. The van der Waals surface area contributed by atoms with Gasteiger partial charge in [0.1, 0.15) is 0 Å². The summed E-state index contributed by atoms with van der Waals surface area (Å²) in [7, 11) is 0. The first-order valence-electron chi connectivity index (χ1n) is 12.3. The number of rotatable bonds is 4. The highest BCUT2D eigenvalue weighted by Crippen LogP contribution is 2.40. The van der Waals surface area contributed by atoms with E-state index in [1.54, 1.807) is 0 Å². The predicted molar refractivity (Wildman–Crippen MR) is 162 cm³/mol. The van der Waals surface area contributed by atoms with E-state index in [4.69, 9.17) is 15.0 Å². The lowest BCUT2D eigenvalue weighted by Crippen LogP contribution is -2.00. The molecule has 2 aromatic heterocycles. The zero-order valence-corrected chi connectivity index (χ0v) is 22.6. The molecular formula is C33H20BrN3S. The lowest BCUT2D eigenvalue weighted by molar-refractivity contribution is 1.07. The molecule has 7 aromatic rings. The Hall–Kier alpha value is -4.19. The van der Waals surface area contributed by atoms with Crippen LogP contribution in [0.15, 0.2) is 126 Å². The van der Waals surface area contributed by atoms with Gasteiger partial charge in [-0.05, 0) is 35.4 Å². The molecule has 7 rings (SSSR count). The lowest BCUT2D eigenvalue weighted by Gasteiger charge is -2.10. The smallest absolute Gasteiger partial charge is 0.164 e. The van der Waals surface area contributed by atoms with Crippen molar-refractivity contribution in [1.82, 2.24) is 15.0 Å². The molecule has 0 fully saturated rings. The summed E-state index contributed by atoms with van der Waals surface area (Å²) in [5.41, 5.74) is 5.22. The Morgan fingerprint density at radius 1 is 0.474 bits per heavy atom. The number of nitrogens with zero attached hydrogens (tertiary/aromatic N) is 3. The van der Waals surface area contributed by atoms with Crippen molar-refractivity contribution in [2.75, 3.05) is 0 Å². The lowest BCUT2D eigenvalue weighted by atomic mass is 10.0. The maximum absolute atomic E-state index is 4.93. The highest BCUT2D eigenvalue weighted by molar-refractivity contribution is 9.10. The van der Waals surface area contributed by atoms with Gasteiger partial charge in [0.2, 0.25) is 0 Å². The normalized spacial score (nSPS) is 11.3. The summed E-state index contributed by atoms with van der Waals surface area (Å²) in [5.74, 6) is 1.96. The maximum atomic E-state index is 4.93. The van der Waals surface area contributed by atoms with E-state index in [0.29, 0.717) is 17.5 Å². The van der Waals surface area contributed by atoms with Gasteiger partial charge in [0.25, 0.3) is 0 Å². The van der Waals surface area contributed by atoms with Gasteiger partial charge in [-0.1, -0.05) is 113 Å². The Morgan fingerprint density at radius 3 is 1.84 bits per heavy atom. The highest BCUT2D eigenvalue weighted by Gasteiger charge is 2.14. The minimum absolute atomic E-state index is 0.651. The number of hydrogen-bond acceptors (Lipinski definition) is 4. The van der Waals surface area contributed by atoms with E-state index >= 15 is 0 Å². The van der Waals surface area contributed by atoms with Crippen LogP contribution < -0.4 is 0 Å². The Kier molecular flexibility index (Phi) is 5.80. The first-order chi connectivity index (χ1) is 18.7. The number of fused-ring (bicyclic) bond motifs is 3. The fourth-order valence-electron chi connectivity index (χ4n) is 4.75. The standard InChI is InChI=1S/C33H20BrN3S/c34-25-18-16-22(17-19-25)32-35-31(21-8-2-1-3-9-21)36-33(37-32)24-11-6-10-23(20-24)26-13-7-14-28-27-12-4-5-15-29(27)38-30(26)28/h1-20H. The van der Waals surface area contributed by atoms with Gasteiger partial charge in [-0.2, -0.15) is 0 Å². The molecule has 0 aliphatic heterocycles. The number of benzene rings is 5. The summed E-state index contributed by atoms with van der Waals surface area (Å²) >= 11 is 5.37. The molecule has 0 radical (unpaired) electrons. The summed E-state index contributed by atoms with van der Waals surface area (Å²) < 4.78 is 3.61. The number of aromatic nitrogens is 3. The Labute approximate surface area is 232 Å². The third-order valence-corrected chi connectivity index (χ3v) is 8.35. The molecular weight excluding hydrogens is 550 g/mol. The van der Waals surface area contributed by atoms with Crippen LogP contribution in [-0.4, -0.2) is 15.0 Å². The van der Waals surface area contributed by atoms with Gasteiger partial charge < -0.3 is 0 Å². The van der Waals surface area contributed by atoms with Gasteiger partial charge in [0, 0.05) is 41.3 Å². The van der Waals surface area contributed by atoms with Crippen LogP contribution in [0.25, 0.3) is 65.5 Å². The van der Waals surface area contributed by atoms with Crippen molar-refractivity contribution >= 4 is 47.4 Å². The summed E-state index contributed by atoms with van der Waals surface area (Å²) in [6, 6.07) is 41.8. The van der Waals surface area contributed by atoms with E-state index in [0.717, 1.165) is 26.7 Å². The number of thiophene rings is 1. The van der Waals surface area contributed by atoms with Crippen LogP contribution in [0, 0.1) is 0 Å². The highest BCUT2D eigenvalue weighted by atomic mass is 79.9. The largest absolute Gasteiger partial charge is 0.208 e. The van der Waals surface area contributed by atoms with Gasteiger partial charge in [-0.3, -0.25) is 0 Å². The number of hydrogen-bond donors (Lipinski definition) is 0. The molecule has 0 saturated heterocycles. The van der Waals surface area contributed by atoms with Crippen LogP contribution >= 0.6 is 27.3 Å². The summed E-state index contributed by atoms with van der Waals surface area (Å²) in [6.45, 7) is 0. The van der Waals surface area contributed by atoms with Gasteiger partial charge in [0.15, 0.2) is 17.5 Å². The molecule has 0 saturated carbocycles. The quantitative estimate of drug-likeness (QED) is 0.212. The summed E-state index contributed by atoms with van der Waals surface area (Å²) in [6.07, 6.45) is 0. The molecule has 0 aliphatic rings. The fraction of sp³-hybridized carbons (Fsp3) is 0. The molecule has 180 valence electrons. The maximum Gasteiger partial charge on any atom is 0.164 e. The van der Waals surface area contributed by atoms with E-state index in [1.165, 1.54) is 25.7 Å². The van der Waals surface area contributed by atoms with Crippen molar-refractivity contribution in [3.05, 3.63) is 126 Å². The Bertz CT molecular complexity index is 1930. The minimum Gasteiger partial charge on any atom is -0.208 e. The van der Waals surface area contributed by atoms with Crippen molar-refractivity contribution in [3.63, 3.8) is 0 Å². The second-order valence-electron chi connectivity index (χ2n) is 9.04. The van der Waals surface area contributed by atoms with E-state index < -0.39 is 0 Å². The van der Waals surface area contributed by atoms with E-state index in [-0.39, 0.29) is 0 Å². The van der Waals surface area contributed by atoms with Gasteiger partial charge in [-0.25, -0.2) is 15.0 Å². The van der Waals surface area contributed by atoms with Gasteiger partial charge >= 0.3 is 0 Å². The number of halogens is 1. The second kappa shape index (κ2) is 9.60. The average Bonchev–Trinajstić information content (AvgIpc) is 3.37. The summed E-state index contributed by atoms with van der Waals surface area (Å²) in [4.78, 5) is 14.7. The average molecular weight is 571 g/mol. The van der Waals surface area contributed by atoms with Crippen LogP contribution in [0.5, 0.6) is 0 Å². The van der Waals surface area contributed by atoms with E-state index in [9.17, 15) is 0 Å². The molecule has 5 aromatic carbocycles. The molecule has 5 heteroatoms. The molecule has 0 N–H and O–H groups in total. The van der Waals surface area contributed by atoms with Crippen LogP contribution in [0.3, 0.4) is 0 Å². The Balaban J connectivity index is 1.39. The molecule has 3 nitrogen and oxygen atoms in total. The monoisotopic (exact) mass is 569 g/mol. The first kappa shape index (κ1) is 23.0. The molecule has 0 atom stereocenters. The SMILES string of the molecule is Brc1ccc(-c2nc(-c3ccccc3)nc(-c3cccc(-c4cccc5c4sc4ccccc45)c3)n2)cc1. The van der Waals surface area contributed by atoms with Gasteiger partial charge in [0.05, 0.1) is 0 Å². The Morgan fingerprint density at radius 2 is 1.05 bits per heavy atom. The van der Waals surface area contributed by atoms with Crippen LogP contribution in [0.4, 0.5) is 0 Å². The molecule has 0 unspecified atom stereocenters. The molecule has 38 heavy (non-hydrogen) atoms. The van der Waals surface area contributed by atoms with Crippen LogP contribution in [0.1, 0.15) is 0 Å². The zero-order chi connectivity index (χ0) is 25.5. The molecule has 0 amide bonds. The second-order valence-corrected chi connectivity index (χ2v) is 11.0.